The minimum Gasteiger partial charge on any atom is -0.404 e. The van der Waals surface area contributed by atoms with E-state index >= 15 is 0 Å². The molecule has 1 amide bonds. The van der Waals surface area contributed by atoms with Crippen molar-refractivity contribution in [3.05, 3.63) is 53.5 Å². The molecule has 2 heterocycles. The average Bonchev–Trinajstić information content (AvgIpc) is 2.77. The predicted octanol–water partition coefficient (Wildman–Crippen LogP) is 0.723. The van der Waals surface area contributed by atoms with E-state index in [1.165, 1.54) is 44.7 Å². The third kappa shape index (κ3) is 6.19. The summed E-state index contributed by atoms with van der Waals surface area (Å²) in [4.78, 5) is 25.1. The number of aromatic nitrogens is 3. The van der Waals surface area contributed by atoms with Crippen LogP contribution >= 0.6 is 0 Å². The molecule has 2 unspecified atom stereocenters. The standard InChI is InChI=1S/C21H26FN7O3/c1-12(11-30)29-17-4-16(14(6-24)19-26-7-13(5-23)8-27-19)25-9-15(17)20(31)28-10-18(22)21(2,3)32/h4,6-9,12,18,30,32H,10-11,24H2,1-3H3,(H,25,29)(H,28,31). The van der Waals surface area contributed by atoms with Crippen LogP contribution in [0.4, 0.5) is 10.1 Å². The number of amides is 1. The second kappa shape index (κ2) is 10.6. The Morgan fingerprint density at radius 1 is 1.34 bits per heavy atom. The van der Waals surface area contributed by atoms with E-state index < -0.39 is 30.3 Å². The van der Waals surface area contributed by atoms with E-state index in [2.05, 4.69) is 25.6 Å². The molecule has 0 aliphatic heterocycles. The van der Waals surface area contributed by atoms with E-state index in [1.54, 1.807) is 6.92 Å². The number of hydrogen-bond acceptors (Lipinski definition) is 9. The Morgan fingerprint density at radius 3 is 2.53 bits per heavy atom. The zero-order valence-corrected chi connectivity index (χ0v) is 18.0. The van der Waals surface area contributed by atoms with Crippen LogP contribution < -0.4 is 16.4 Å². The van der Waals surface area contributed by atoms with Crippen LogP contribution in [0.25, 0.3) is 5.57 Å². The SMILES string of the molecule is CC(CO)Nc1cc(C(=CN)c2ncc(C#N)cn2)ncc1C(=O)NCC(F)C(C)(C)O. The normalized spacial score (nSPS) is 13.7. The number of nitrogens with two attached hydrogens (primary N) is 1. The lowest BCUT2D eigenvalue weighted by Crippen LogP contribution is -2.42. The monoisotopic (exact) mass is 443 g/mol. The largest absolute Gasteiger partial charge is 0.404 e. The van der Waals surface area contributed by atoms with Crippen molar-refractivity contribution in [2.24, 2.45) is 5.73 Å². The molecule has 0 radical (unpaired) electrons. The minimum absolute atomic E-state index is 0.106. The van der Waals surface area contributed by atoms with Gasteiger partial charge in [-0.05, 0) is 26.8 Å². The van der Waals surface area contributed by atoms with Crippen LogP contribution in [0.2, 0.25) is 0 Å². The van der Waals surface area contributed by atoms with Gasteiger partial charge in [-0.25, -0.2) is 14.4 Å². The summed E-state index contributed by atoms with van der Waals surface area (Å²) in [5, 5.41) is 33.5. The highest BCUT2D eigenvalue weighted by atomic mass is 19.1. The van der Waals surface area contributed by atoms with Gasteiger partial charge in [0.15, 0.2) is 5.82 Å². The quantitative estimate of drug-likeness (QED) is 0.375. The van der Waals surface area contributed by atoms with Crippen molar-refractivity contribution in [2.75, 3.05) is 18.5 Å². The molecule has 0 bridgehead atoms. The first kappa shape index (κ1) is 24.6. The third-order valence-corrected chi connectivity index (χ3v) is 4.50. The molecule has 32 heavy (non-hydrogen) atoms. The van der Waals surface area contributed by atoms with E-state index in [4.69, 9.17) is 11.0 Å². The van der Waals surface area contributed by atoms with Crippen molar-refractivity contribution in [3.63, 3.8) is 0 Å². The molecule has 2 aromatic heterocycles. The maximum absolute atomic E-state index is 14.0. The predicted molar refractivity (Wildman–Crippen MR) is 116 cm³/mol. The molecule has 11 heteroatoms. The number of aliphatic hydroxyl groups is 2. The smallest absolute Gasteiger partial charge is 0.255 e. The number of nitrogens with one attached hydrogen (secondary N) is 2. The highest BCUT2D eigenvalue weighted by Crippen LogP contribution is 2.24. The van der Waals surface area contributed by atoms with Gasteiger partial charge >= 0.3 is 0 Å². The van der Waals surface area contributed by atoms with Crippen molar-refractivity contribution in [1.29, 1.82) is 5.26 Å². The molecular weight excluding hydrogens is 417 g/mol. The zero-order valence-electron chi connectivity index (χ0n) is 18.0. The number of pyridine rings is 1. The van der Waals surface area contributed by atoms with Gasteiger partial charge in [0.25, 0.3) is 5.91 Å². The summed E-state index contributed by atoms with van der Waals surface area (Å²) in [5.41, 5.74) is 5.54. The first-order valence-corrected chi connectivity index (χ1v) is 9.77. The Labute approximate surface area is 185 Å². The molecule has 10 nitrogen and oxygen atoms in total. The average molecular weight is 443 g/mol. The van der Waals surface area contributed by atoms with Crippen LogP contribution in [0.15, 0.2) is 30.9 Å². The van der Waals surface area contributed by atoms with Crippen LogP contribution in [0.3, 0.4) is 0 Å². The number of carbonyl (C=O) groups excluding carboxylic acids is 1. The Bertz CT molecular complexity index is 1010. The van der Waals surface area contributed by atoms with Crippen LogP contribution in [-0.2, 0) is 0 Å². The van der Waals surface area contributed by atoms with Crippen molar-refractivity contribution in [3.8, 4) is 6.07 Å². The Morgan fingerprint density at radius 2 is 2.00 bits per heavy atom. The number of nitrogens with zero attached hydrogens (tertiary/aromatic N) is 4. The molecule has 0 aliphatic rings. The van der Waals surface area contributed by atoms with Crippen LogP contribution in [-0.4, -0.2) is 62.0 Å². The Kier molecular flexibility index (Phi) is 8.17. The maximum atomic E-state index is 14.0. The first-order chi connectivity index (χ1) is 15.1. The van der Waals surface area contributed by atoms with Gasteiger partial charge in [0.05, 0.1) is 46.8 Å². The summed E-state index contributed by atoms with van der Waals surface area (Å²) < 4.78 is 14.0. The van der Waals surface area contributed by atoms with E-state index in [0.717, 1.165) is 0 Å². The highest BCUT2D eigenvalue weighted by molar-refractivity contribution is 6.00. The molecular formula is C21H26FN7O3. The summed E-state index contributed by atoms with van der Waals surface area (Å²) in [6, 6.07) is 3.05. The number of hydrogen-bond donors (Lipinski definition) is 5. The van der Waals surface area contributed by atoms with Gasteiger partial charge in [-0.2, -0.15) is 5.26 Å². The molecule has 0 aliphatic carbocycles. The number of anilines is 1. The molecule has 6 N–H and O–H groups in total. The summed E-state index contributed by atoms with van der Waals surface area (Å²) in [7, 11) is 0. The molecule has 2 aromatic rings. The molecule has 0 aromatic carbocycles. The zero-order chi connectivity index (χ0) is 23.9. The second-order valence-electron chi connectivity index (χ2n) is 7.66. The van der Waals surface area contributed by atoms with E-state index in [0.29, 0.717) is 17.0 Å². The number of rotatable bonds is 9. The fraction of sp³-hybridized carbons (Fsp3) is 0.381. The second-order valence-corrected chi connectivity index (χ2v) is 7.66. The number of aliphatic hydroxyl groups excluding tert-OH is 1. The topological polar surface area (TPSA) is 170 Å². The fourth-order valence-corrected chi connectivity index (χ4v) is 2.54. The van der Waals surface area contributed by atoms with Gasteiger partial charge < -0.3 is 26.6 Å². The van der Waals surface area contributed by atoms with E-state index in [9.17, 15) is 19.4 Å². The Hall–Kier alpha value is -3.62. The number of alkyl halides is 1. The molecule has 0 saturated heterocycles. The lowest BCUT2D eigenvalue weighted by Gasteiger charge is -2.23. The van der Waals surface area contributed by atoms with Crippen LogP contribution in [0, 0.1) is 11.3 Å². The Balaban J connectivity index is 2.38. The third-order valence-electron chi connectivity index (χ3n) is 4.50. The molecule has 0 saturated carbocycles. The lowest BCUT2D eigenvalue weighted by atomic mass is 10.0. The van der Waals surface area contributed by atoms with E-state index in [-0.39, 0.29) is 23.6 Å². The highest BCUT2D eigenvalue weighted by Gasteiger charge is 2.27. The molecule has 2 rings (SSSR count). The lowest BCUT2D eigenvalue weighted by molar-refractivity contribution is -0.00177. The van der Waals surface area contributed by atoms with Gasteiger partial charge in [-0.3, -0.25) is 9.78 Å². The van der Waals surface area contributed by atoms with Crippen molar-refractivity contribution < 1.29 is 19.4 Å². The summed E-state index contributed by atoms with van der Waals surface area (Å²) in [6.07, 6.45) is 3.54. The van der Waals surface area contributed by atoms with Crippen molar-refractivity contribution in [1.82, 2.24) is 20.3 Å². The summed E-state index contributed by atoms with van der Waals surface area (Å²) >= 11 is 0. The number of carbonyl (C=O) groups is 1. The number of nitriles is 1. The molecule has 0 fully saturated rings. The molecule has 170 valence electrons. The van der Waals surface area contributed by atoms with Gasteiger partial charge in [-0.1, -0.05) is 0 Å². The van der Waals surface area contributed by atoms with Gasteiger partial charge in [0.1, 0.15) is 12.2 Å². The summed E-state index contributed by atoms with van der Waals surface area (Å²) in [5.74, 6) is -0.390. The summed E-state index contributed by atoms with van der Waals surface area (Å²) in [6.45, 7) is 3.72. The minimum atomic E-state index is -1.67. The first-order valence-electron chi connectivity index (χ1n) is 9.77. The van der Waals surface area contributed by atoms with E-state index in [1.807, 2.05) is 6.07 Å². The van der Waals surface area contributed by atoms with Gasteiger partial charge in [0.2, 0.25) is 0 Å². The van der Waals surface area contributed by atoms with Crippen LogP contribution in [0.5, 0.6) is 0 Å². The number of halogens is 1. The van der Waals surface area contributed by atoms with Gasteiger partial charge in [-0.15, -0.1) is 0 Å². The maximum Gasteiger partial charge on any atom is 0.255 e. The van der Waals surface area contributed by atoms with Gasteiger partial charge in [0, 0.05) is 30.8 Å². The van der Waals surface area contributed by atoms with Crippen molar-refractivity contribution in [2.45, 2.75) is 38.6 Å². The fourth-order valence-electron chi connectivity index (χ4n) is 2.54. The molecule has 2 atom stereocenters. The molecule has 0 spiro atoms. The van der Waals surface area contributed by atoms with Crippen LogP contribution in [0.1, 0.15) is 48.2 Å². The van der Waals surface area contributed by atoms with Crippen molar-refractivity contribution >= 4 is 17.2 Å².